The SMILES string of the molecule is Cc1cccc([C@H](C)NC(C)c2cccc(F)c2)c1. The van der Waals surface area contributed by atoms with Crippen LogP contribution in [0.4, 0.5) is 4.39 Å². The van der Waals surface area contributed by atoms with Crippen LogP contribution in [0, 0.1) is 12.7 Å². The molecule has 0 spiro atoms. The fraction of sp³-hybridized carbons (Fsp3) is 0.294. The van der Waals surface area contributed by atoms with Crippen molar-refractivity contribution in [3.05, 3.63) is 71.0 Å². The molecule has 1 unspecified atom stereocenters. The quantitative estimate of drug-likeness (QED) is 0.847. The first kappa shape index (κ1) is 13.8. The maximum absolute atomic E-state index is 13.2. The van der Waals surface area contributed by atoms with E-state index >= 15 is 0 Å². The molecule has 0 aromatic heterocycles. The molecule has 19 heavy (non-hydrogen) atoms. The fourth-order valence-electron chi connectivity index (χ4n) is 2.28. The Balaban J connectivity index is 2.08. The third kappa shape index (κ3) is 3.65. The molecule has 0 heterocycles. The van der Waals surface area contributed by atoms with E-state index in [0.717, 1.165) is 5.56 Å². The van der Waals surface area contributed by atoms with Gasteiger partial charge in [-0.2, -0.15) is 0 Å². The summed E-state index contributed by atoms with van der Waals surface area (Å²) in [6, 6.07) is 15.6. The van der Waals surface area contributed by atoms with Gasteiger partial charge in [-0.15, -0.1) is 0 Å². The van der Waals surface area contributed by atoms with Crippen LogP contribution >= 0.6 is 0 Å². The Hall–Kier alpha value is -1.67. The van der Waals surface area contributed by atoms with E-state index in [9.17, 15) is 4.39 Å². The molecule has 2 rings (SSSR count). The molecular weight excluding hydrogens is 237 g/mol. The van der Waals surface area contributed by atoms with E-state index in [4.69, 9.17) is 0 Å². The first-order chi connectivity index (χ1) is 9.06. The largest absolute Gasteiger partial charge is 0.304 e. The zero-order chi connectivity index (χ0) is 13.8. The topological polar surface area (TPSA) is 12.0 Å². The fourth-order valence-corrected chi connectivity index (χ4v) is 2.28. The second kappa shape index (κ2) is 5.98. The van der Waals surface area contributed by atoms with Crippen LogP contribution in [0.25, 0.3) is 0 Å². The summed E-state index contributed by atoms with van der Waals surface area (Å²) in [7, 11) is 0. The Morgan fingerprint density at radius 2 is 1.47 bits per heavy atom. The van der Waals surface area contributed by atoms with Crippen molar-refractivity contribution < 1.29 is 4.39 Å². The van der Waals surface area contributed by atoms with Gasteiger partial charge in [-0.25, -0.2) is 4.39 Å². The summed E-state index contributed by atoms with van der Waals surface area (Å²) in [4.78, 5) is 0. The van der Waals surface area contributed by atoms with Gasteiger partial charge in [0.05, 0.1) is 0 Å². The van der Waals surface area contributed by atoms with E-state index < -0.39 is 0 Å². The van der Waals surface area contributed by atoms with Crippen LogP contribution in [-0.2, 0) is 0 Å². The van der Waals surface area contributed by atoms with Gasteiger partial charge in [-0.05, 0) is 44.0 Å². The lowest BCUT2D eigenvalue weighted by Gasteiger charge is -2.21. The predicted octanol–water partition coefficient (Wildman–Crippen LogP) is 4.55. The lowest BCUT2D eigenvalue weighted by molar-refractivity contribution is 0.492. The Kier molecular flexibility index (Phi) is 4.33. The van der Waals surface area contributed by atoms with Gasteiger partial charge < -0.3 is 5.32 Å². The normalized spacial score (nSPS) is 14.1. The molecule has 2 aromatic rings. The molecule has 0 radical (unpaired) electrons. The monoisotopic (exact) mass is 257 g/mol. The lowest BCUT2D eigenvalue weighted by Crippen LogP contribution is -2.22. The molecule has 100 valence electrons. The molecular formula is C17H20FN. The highest BCUT2D eigenvalue weighted by Crippen LogP contribution is 2.20. The van der Waals surface area contributed by atoms with Crippen LogP contribution in [0.1, 0.15) is 42.6 Å². The molecule has 2 aromatic carbocycles. The first-order valence-electron chi connectivity index (χ1n) is 6.64. The smallest absolute Gasteiger partial charge is 0.123 e. The summed E-state index contributed by atoms with van der Waals surface area (Å²) in [6.45, 7) is 6.28. The minimum absolute atomic E-state index is 0.117. The molecule has 1 nitrogen and oxygen atoms in total. The van der Waals surface area contributed by atoms with Crippen molar-refractivity contribution >= 4 is 0 Å². The minimum atomic E-state index is -0.186. The molecule has 0 aliphatic rings. The van der Waals surface area contributed by atoms with Crippen molar-refractivity contribution in [2.45, 2.75) is 32.9 Å². The Morgan fingerprint density at radius 1 is 0.895 bits per heavy atom. The predicted molar refractivity (Wildman–Crippen MR) is 77.5 cm³/mol. The van der Waals surface area contributed by atoms with Gasteiger partial charge in [-0.1, -0.05) is 42.0 Å². The van der Waals surface area contributed by atoms with Crippen molar-refractivity contribution in [3.63, 3.8) is 0 Å². The van der Waals surface area contributed by atoms with Crippen molar-refractivity contribution in [3.8, 4) is 0 Å². The number of hydrogen-bond donors (Lipinski definition) is 1. The molecule has 2 heteroatoms. The lowest BCUT2D eigenvalue weighted by atomic mass is 10.0. The van der Waals surface area contributed by atoms with Crippen LogP contribution in [0.3, 0.4) is 0 Å². The minimum Gasteiger partial charge on any atom is -0.304 e. The maximum atomic E-state index is 13.2. The van der Waals surface area contributed by atoms with Gasteiger partial charge in [0.1, 0.15) is 5.82 Å². The van der Waals surface area contributed by atoms with Crippen LogP contribution in [0.15, 0.2) is 48.5 Å². The van der Waals surface area contributed by atoms with Gasteiger partial charge in [0.25, 0.3) is 0 Å². The zero-order valence-corrected chi connectivity index (χ0v) is 11.7. The standard InChI is InChI=1S/C17H20FN/c1-12-6-4-7-15(10-12)13(2)19-14(3)16-8-5-9-17(18)11-16/h4-11,13-14,19H,1-3H3/t13-,14?/m0/s1. The van der Waals surface area contributed by atoms with Gasteiger partial charge in [-0.3, -0.25) is 0 Å². The average molecular weight is 257 g/mol. The Labute approximate surface area is 114 Å². The number of halogens is 1. The van der Waals surface area contributed by atoms with Crippen molar-refractivity contribution in [1.29, 1.82) is 0 Å². The summed E-state index contributed by atoms with van der Waals surface area (Å²) in [5.74, 6) is -0.186. The van der Waals surface area contributed by atoms with Crippen LogP contribution in [0.2, 0.25) is 0 Å². The van der Waals surface area contributed by atoms with E-state index in [1.807, 2.05) is 6.07 Å². The van der Waals surface area contributed by atoms with Crippen LogP contribution < -0.4 is 5.32 Å². The highest BCUT2D eigenvalue weighted by atomic mass is 19.1. The second-order valence-electron chi connectivity index (χ2n) is 5.08. The summed E-state index contributed by atoms with van der Waals surface area (Å²) in [6.07, 6.45) is 0. The van der Waals surface area contributed by atoms with Crippen molar-refractivity contribution in [2.75, 3.05) is 0 Å². The molecule has 0 aliphatic carbocycles. The van der Waals surface area contributed by atoms with Gasteiger partial charge in [0.2, 0.25) is 0 Å². The Bertz CT molecular complexity index is 501. The van der Waals surface area contributed by atoms with Crippen molar-refractivity contribution in [1.82, 2.24) is 5.32 Å². The number of aryl methyl sites for hydroxylation is 1. The number of nitrogens with one attached hydrogen (secondary N) is 1. The van der Waals surface area contributed by atoms with E-state index in [1.54, 1.807) is 12.1 Å². The van der Waals surface area contributed by atoms with Crippen LogP contribution in [0.5, 0.6) is 0 Å². The average Bonchev–Trinajstić information content (AvgIpc) is 2.38. The molecule has 0 saturated heterocycles. The first-order valence-corrected chi connectivity index (χ1v) is 6.64. The van der Waals surface area contributed by atoms with Crippen molar-refractivity contribution in [2.24, 2.45) is 0 Å². The third-order valence-electron chi connectivity index (χ3n) is 3.39. The van der Waals surface area contributed by atoms with Gasteiger partial charge >= 0.3 is 0 Å². The molecule has 1 N–H and O–H groups in total. The summed E-state index contributed by atoms with van der Waals surface area (Å²) >= 11 is 0. The molecule has 0 bridgehead atoms. The summed E-state index contributed by atoms with van der Waals surface area (Å²) in [5.41, 5.74) is 3.48. The zero-order valence-electron chi connectivity index (χ0n) is 11.7. The molecule has 0 saturated carbocycles. The van der Waals surface area contributed by atoms with E-state index in [0.29, 0.717) is 0 Å². The van der Waals surface area contributed by atoms with Gasteiger partial charge in [0.15, 0.2) is 0 Å². The molecule has 0 aliphatic heterocycles. The maximum Gasteiger partial charge on any atom is 0.123 e. The molecule has 2 atom stereocenters. The summed E-state index contributed by atoms with van der Waals surface area (Å²) < 4.78 is 13.2. The summed E-state index contributed by atoms with van der Waals surface area (Å²) in [5, 5.41) is 3.50. The number of benzene rings is 2. The van der Waals surface area contributed by atoms with E-state index in [2.05, 4.69) is 50.4 Å². The highest BCUT2D eigenvalue weighted by molar-refractivity contribution is 5.26. The molecule has 0 fully saturated rings. The number of hydrogen-bond acceptors (Lipinski definition) is 1. The highest BCUT2D eigenvalue weighted by Gasteiger charge is 2.11. The van der Waals surface area contributed by atoms with E-state index in [-0.39, 0.29) is 17.9 Å². The second-order valence-corrected chi connectivity index (χ2v) is 5.08. The number of rotatable bonds is 4. The van der Waals surface area contributed by atoms with Crippen LogP contribution in [-0.4, -0.2) is 0 Å². The van der Waals surface area contributed by atoms with Gasteiger partial charge in [0, 0.05) is 12.1 Å². The van der Waals surface area contributed by atoms with E-state index in [1.165, 1.54) is 17.2 Å². The third-order valence-corrected chi connectivity index (χ3v) is 3.39. The Morgan fingerprint density at radius 3 is 2.05 bits per heavy atom. The molecule has 0 amide bonds.